The van der Waals surface area contributed by atoms with Gasteiger partial charge in [-0.1, -0.05) is 20.3 Å². The van der Waals surface area contributed by atoms with Crippen LogP contribution < -0.4 is 0 Å². The van der Waals surface area contributed by atoms with E-state index in [0.29, 0.717) is 0 Å². The molecule has 11 atom stereocenters. The molecular weight excluding hydrogens is 240 g/mol. The van der Waals surface area contributed by atoms with Crippen LogP contribution >= 0.6 is 0 Å². The monoisotopic (exact) mass is 270 g/mol. The van der Waals surface area contributed by atoms with Crippen molar-refractivity contribution in [2.45, 2.75) is 58.8 Å². The summed E-state index contributed by atoms with van der Waals surface area (Å²) in [5, 5.41) is 0. The topological polar surface area (TPSA) is 0 Å². The average Bonchev–Trinajstić information content (AvgIpc) is 3.22. The highest BCUT2D eigenvalue weighted by Gasteiger charge is 2.72. The molecule has 0 radical (unpaired) electrons. The van der Waals surface area contributed by atoms with E-state index < -0.39 is 0 Å². The average molecular weight is 270 g/mol. The summed E-state index contributed by atoms with van der Waals surface area (Å²) in [4.78, 5) is 0. The van der Waals surface area contributed by atoms with Crippen LogP contribution in [0.1, 0.15) is 58.8 Å². The fourth-order valence-electron chi connectivity index (χ4n) is 9.67. The van der Waals surface area contributed by atoms with Crippen molar-refractivity contribution in [1.29, 1.82) is 0 Å². The lowest BCUT2D eigenvalue weighted by molar-refractivity contribution is -0.0196. The van der Waals surface area contributed by atoms with E-state index in [0.717, 1.165) is 17.3 Å². The number of fused-ring (bicyclic) bond motifs is 16. The second-order valence-corrected chi connectivity index (χ2v) is 10.0. The highest BCUT2D eigenvalue weighted by molar-refractivity contribution is 5.20. The quantitative estimate of drug-likeness (QED) is 0.589. The minimum Gasteiger partial charge on any atom is -0.0649 e. The normalized spacial score (nSPS) is 71.7. The van der Waals surface area contributed by atoms with Gasteiger partial charge in [-0.3, -0.25) is 0 Å². The maximum atomic E-state index is 2.65. The van der Waals surface area contributed by atoms with Crippen LogP contribution in [0.5, 0.6) is 0 Å². The van der Waals surface area contributed by atoms with Gasteiger partial charge in [-0.2, -0.15) is 0 Å². The smallest absolute Gasteiger partial charge is 0.0294 e. The largest absolute Gasteiger partial charge is 0.0649 e. The Bertz CT molecular complexity index is 467. The molecule has 0 amide bonds. The van der Waals surface area contributed by atoms with E-state index in [1.165, 1.54) is 53.8 Å². The molecule has 0 heterocycles. The van der Waals surface area contributed by atoms with Crippen LogP contribution in [0.3, 0.4) is 0 Å². The molecule has 20 heavy (non-hydrogen) atoms. The molecule has 0 aromatic heterocycles. The molecule has 0 heteroatoms. The van der Waals surface area contributed by atoms with Crippen molar-refractivity contribution in [2.24, 2.45) is 64.6 Å². The molecule has 0 aromatic rings. The fourth-order valence-corrected chi connectivity index (χ4v) is 9.67. The van der Waals surface area contributed by atoms with Crippen LogP contribution in [-0.4, -0.2) is 0 Å². The van der Waals surface area contributed by atoms with Crippen LogP contribution in [0, 0.1) is 64.6 Å². The predicted molar refractivity (Wildman–Crippen MR) is 81.0 cm³/mol. The third-order valence-corrected chi connectivity index (χ3v) is 10.0. The van der Waals surface area contributed by atoms with Crippen molar-refractivity contribution in [3.8, 4) is 0 Å². The molecule has 0 spiro atoms. The molecule has 6 saturated carbocycles. The van der Waals surface area contributed by atoms with Gasteiger partial charge in [0.25, 0.3) is 0 Å². The van der Waals surface area contributed by atoms with Gasteiger partial charge in [-0.25, -0.2) is 0 Å². The second-order valence-electron chi connectivity index (χ2n) is 10.0. The molecule has 0 saturated heterocycles. The van der Waals surface area contributed by atoms with Gasteiger partial charge in [0.1, 0.15) is 0 Å². The summed E-state index contributed by atoms with van der Waals surface area (Å²) in [5.41, 5.74) is 0.740. The molecule has 0 aromatic carbocycles. The lowest BCUT2D eigenvalue weighted by atomic mass is 9.55. The fraction of sp³-hybridized carbons (Fsp3) is 1.00. The van der Waals surface area contributed by atoms with Crippen molar-refractivity contribution in [2.75, 3.05) is 0 Å². The first-order valence-corrected chi connectivity index (χ1v) is 9.71. The standard InChI is InChI=1S/C20H30/c1-3-20(2)9-12-7-15(20)19-14-8-13(18(12)19)16-10-4-5-11(6-10)17(14)16/h10-19H,3-9H2,1-2H3. The molecule has 110 valence electrons. The van der Waals surface area contributed by atoms with Crippen LogP contribution in [0.2, 0.25) is 0 Å². The second kappa shape index (κ2) is 3.33. The zero-order valence-corrected chi connectivity index (χ0v) is 13.2. The van der Waals surface area contributed by atoms with Gasteiger partial charge in [0, 0.05) is 0 Å². The van der Waals surface area contributed by atoms with Crippen LogP contribution in [0.25, 0.3) is 0 Å². The summed E-state index contributed by atoms with van der Waals surface area (Å²) in [7, 11) is 0. The molecule has 0 nitrogen and oxygen atoms in total. The van der Waals surface area contributed by atoms with E-state index in [4.69, 9.17) is 0 Å². The van der Waals surface area contributed by atoms with E-state index in [1.54, 1.807) is 38.5 Å². The minimum absolute atomic E-state index is 0.740. The van der Waals surface area contributed by atoms with Gasteiger partial charge in [-0.05, 0) is 103 Å². The van der Waals surface area contributed by atoms with Gasteiger partial charge in [-0.15, -0.1) is 0 Å². The van der Waals surface area contributed by atoms with Crippen LogP contribution in [0.15, 0.2) is 0 Å². The van der Waals surface area contributed by atoms with Crippen molar-refractivity contribution in [3.63, 3.8) is 0 Å². The Morgan fingerprint density at radius 3 is 2.15 bits per heavy atom. The Labute approximate surface area is 124 Å². The van der Waals surface area contributed by atoms with E-state index in [1.807, 2.05) is 0 Å². The molecule has 0 aliphatic heterocycles. The van der Waals surface area contributed by atoms with Crippen molar-refractivity contribution in [1.82, 2.24) is 0 Å². The summed E-state index contributed by atoms with van der Waals surface area (Å²) >= 11 is 0. The van der Waals surface area contributed by atoms with Gasteiger partial charge < -0.3 is 0 Å². The zero-order chi connectivity index (χ0) is 13.2. The SMILES string of the molecule is CCC1(C)CC2CC1C1C3CC(C4C5CCC(C5)C34)C21. The van der Waals surface area contributed by atoms with Crippen LogP contribution in [0.4, 0.5) is 0 Å². The Morgan fingerprint density at radius 1 is 0.800 bits per heavy atom. The highest BCUT2D eigenvalue weighted by Crippen LogP contribution is 2.78. The highest BCUT2D eigenvalue weighted by atomic mass is 14.8. The molecule has 6 aliphatic carbocycles. The number of hydrogen-bond donors (Lipinski definition) is 0. The summed E-state index contributed by atoms with van der Waals surface area (Å²) in [6.45, 7) is 5.13. The van der Waals surface area contributed by atoms with Gasteiger partial charge in [0.2, 0.25) is 0 Å². The Hall–Kier alpha value is 0. The Kier molecular flexibility index (Phi) is 1.92. The predicted octanol–water partition coefficient (Wildman–Crippen LogP) is 4.99. The molecule has 6 bridgehead atoms. The first-order valence-electron chi connectivity index (χ1n) is 9.71. The van der Waals surface area contributed by atoms with E-state index in [9.17, 15) is 0 Å². The molecule has 6 aliphatic rings. The summed E-state index contributed by atoms with van der Waals surface area (Å²) in [6, 6.07) is 0. The van der Waals surface area contributed by atoms with Gasteiger partial charge >= 0.3 is 0 Å². The van der Waals surface area contributed by atoms with E-state index >= 15 is 0 Å². The first kappa shape index (κ1) is 11.6. The lowest BCUT2D eigenvalue weighted by Crippen LogP contribution is -2.44. The van der Waals surface area contributed by atoms with E-state index in [-0.39, 0.29) is 0 Å². The summed E-state index contributed by atoms with van der Waals surface area (Å²) < 4.78 is 0. The summed E-state index contributed by atoms with van der Waals surface area (Å²) in [5.74, 6) is 11.9. The first-order chi connectivity index (χ1) is 9.71. The number of hydrogen-bond acceptors (Lipinski definition) is 0. The maximum Gasteiger partial charge on any atom is -0.0294 e. The maximum absolute atomic E-state index is 2.65. The lowest BCUT2D eigenvalue weighted by Gasteiger charge is -2.50. The number of rotatable bonds is 1. The third-order valence-electron chi connectivity index (χ3n) is 10.0. The van der Waals surface area contributed by atoms with Crippen molar-refractivity contribution in [3.05, 3.63) is 0 Å². The molecule has 0 N–H and O–H groups in total. The molecule has 6 fully saturated rings. The van der Waals surface area contributed by atoms with Crippen molar-refractivity contribution < 1.29 is 0 Å². The Balaban J connectivity index is 1.41. The molecular formula is C20H30. The zero-order valence-electron chi connectivity index (χ0n) is 13.2. The van der Waals surface area contributed by atoms with Crippen molar-refractivity contribution >= 4 is 0 Å². The van der Waals surface area contributed by atoms with Gasteiger partial charge in [0.15, 0.2) is 0 Å². The molecule has 6 rings (SSSR count). The summed E-state index contributed by atoms with van der Waals surface area (Å²) in [6.07, 6.45) is 11.3. The van der Waals surface area contributed by atoms with Crippen LogP contribution in [-0.2, 0) is 0 Å². The van der Waals surface area contributed by atoms with Gasteiger partial charge in [0.05, 0.1) is 0 Å². The molecule has 11 unspecified atom stereocenters. The Morgan fingerprint density at radius 2 is 1.45 bits per heavy atom. The van der Waals surface area contributed by atoms with E-state index in [2.05, 4.69) is 13.8 Å². The minimum atomic E-state index is 0.740. The third kappa shape index (κ3) is 1.03.